The number of benzene rings is 2. The van der Waals surface area contributed by atoms with Crippen LogP contribution >= 0.6 is 0 Å². The molecule has 2 nitrogen and oxygen atoms in total. The van der Waals surface area contributed by atoms with E-state index in [2.05, 4.69) is 31.8 Å². The molecular formula is C15H14N2. The number of nitrogens with zero attached hydrogens (tertiary/aromatic N) is 2. The van der Waals surface area contributed by atoms with Gasteiger partial charge in [0.25, 0.3) is 0 Å². The van der Waals surface area contributed by atoms with Gasteiger partial charge in [0.05, 0.1) is 22.1 Å². The zero-order chi connectivity index (χ0) is 12.0. The van der Waals surface area contributed by atoms with Crippen LogP contribution in [0, 0.1) is 20.8 Å². The molecular weight excluding hydrogens is 208 g/mol. The van der Waals surface area contributed by atoms with Crippen LogP contribution in [0.2, 0.25) is 0 Å². The minimum Gasteiger partial charge on any atom is -0.244 e. The Morgan fingerprint density at radius 1 is 0.765 bits per heavy atom. The Kier molecular flexibility index (Phi) is 2.11. The van der Waals surface area contributed by atoms with Crippen LogP contribution in [-0.2, 0) is 0 Å². The molecule has 0 N–H and O–H groups in total. The molecule has 0 bridgehead atoms. The molecule has 1 heterocycles. The lowest BCUT2D eigenvalue weighted by Crippen LogP contribution is -1.94. The van der Waals surface area contributed by atoms with E-state index in [0.29, 0.717) is 0 Å². The van der Waals surface area contributed by atoms with Crippen molar-refractivity contribution in [2.75, 3.05) is 0 Å². The van der Waals surface area contributed by atoms with Gasteiger partial charge in [0.1, 0.15) is 0 Å². The van der Waals surface area contributed by atoms with Gasteiger partial charge in [-0.05, 0) is 55.7 Å². The van der Waals surface area contributed by atoms with Crippen LogP contribution in [-0.4, -0.2) is 9.97 Å². The highest BCUT2D eigenvalue weighted by Gasteiger charge is 2.07. The third-order valence-corrected chi connectivity index (χ3v) is 3.46. The minimum atomic E-state index is 0.961. The van der Waals surface area contributed by atoms with Crippen LogP contribution in [0.4, 0.5) is 0 Å². The van der Waals surface area contributed by atoms with Gasteiger partial charge in [-0.2, -0.15) is 0 Å². The van der Waals surface area contributed by atoms with Gasteiger partial charge in [-0.25, -0.2) is 9.97 Å². The van der Waals surface area contributed by atoms with Gasteiger partial charge in [0.15, 0.2) is 0 Å². The molecule has 17 heavy (non-hydrogen) atoms. The van der Waals surface area contributed by atoms with Gasteiger partial charge < -0.3 is 0 Å². The fourth-order valence-corrected chi connectivity index (χ4v) is 2.18. The summed E-state index contributed by atoms with van der Waals surface area (Å²) in [6, 6.07) is 10.1. The summed E-state index contributed by atoms with van der Waals surface area (Å²) in [7, 11) is 0. The maximum absolute atomic E-state index is 4.72. The van der Waals surface area contributed by atoms with Crippen LogP contribution in [0.3, 0.4) is 0 Å². The molecule has 0 aliphatic heterocycles. The summed E-state index contributed by atoms with van der Waals surface area (Å²) in [4.78, 5) is 9.39. The van der Waals surface area contributed by atoms with E-state index < -0.39 is 0 Å². The number of aromatic nitrogens is 2. The fraction of sp³-hybridized carbons (Fsp3) is 0.200. The van der Waals surface area contributed by atoms with E-state index in [4.69, 9.17) is 4.98 Å². The maximum Gasteiger partial charge on any atom is 0.0926 e. The maximum atomic E-state index is 4.72. The average Bonchev–Trinajstić information content (AvgIpc) is 2.34. The lowest BCUT2D eigenvalue weighted by molar-refractivity contribution is 1.26. The number of hydrogen-bond donors (Lipinski definition) is 0. The topological polar surface area (TPSA) is 25.8 Å². The molecule has 1 aromatic heterocycles. The molecule has 0 amide bonds. The predicted octanol–water partition coefficient (Wildman–Crippen LogP) is 3.71. The van der Waals surface area contributed by atoms with Crippen molar-refractivity contribution >= 4 is 22.1 Å². The molecule has 3 rings (SSSR count). The third kappa shape index (κ3) is 1.48. The molecule has 0 unspecified atom stereocenters. The monoisotopic (exact) mass is 222 g/mol. The zero-order valence-corrected chi connectivity index (χ0v) is 10.3. The average molecular weight is 222 g/mol. The summed E-state index contributed by atoms with van der Waals surface area (Å²) in [5.74, 6) is 0. The second-order valence-electron chi connectivity index (χ2n) is 4.52. The molecule has 2 heteroatoms. The first-order valence-corrected chi connectivity index (χ1v) is 5.80. The van der Waals surface area contributed by atoms with Crippen LogP contribution in [0.25, 0.3) is 22.1 Å². The Balaban J connectivity index is 2.52. The predicted molar refractivity (Wildman–Crippen MR) is 71.3 cm³/mol. The van der Waals surface area contributed by atoms with E-state index in [-0.39, 0.29) is 0 Å². The standard InChI is InChI=1S/C15H14N2/c1-9-8-14-15(11(3)10(9)2)17-13-7-5-4-6-12(13)16-14/h4-8H,1-3H3. The van der Waals surface area contributed by atoms with E-state index in [1.54, 1.807) is 0 Å². The normalized spacial score (nSPS) is 11.2. The number of para-hydroxylation sites is 2. The fourth-order valence-electron chi connectivity index (χ4n) is 2.18. The summed E-state index contributed by atoms with van der Waals surface area (Å²) in [6.45, 7) is 6.38. The van der Waals surface area contributed by atoms with Crippen LogP contribution < -0.4 is 0 Å². The summed E-state index contributed by atoms with van der Waals surface area (Å²) < 4.78 is 0. The molecule has 0 saturated heterocycles. The Labute approximate surface area is 100 Å². The third-order valence-electron chi connectivity index (χ3n) is 3.46. The summed E-state index contributed by atoms with van der Waals surface area (Å²) in [6.07, 6.45) is 0. The second kappa shape index (κ2) is 3.52. The van der Waals surface area contributed by atoms with Crippen molar-refractivity contribution in [3.63, 3.8) is 0 Å². The van der Waals surface area contributed by atoms with E-state index in [9.17, 15) is 0 Å². The highest BCUT2D eigenvalue weighted by molar-refractivity contribution is 5.88. The molecule has 0 aliphatic rings. The molecule has 2 aromatic carbocycles. The van der Waals surface area contributed by atoms with Crippen molar-refractivity contribution in [3.05, 3.63) is 47.0 Å². The molecule has 0 fully saturated rings. The second-order valence-corrected chi connectivity index (χ2v) is 4.52. The van der Waals surface area contributed by atoms with Gasteiger partial charge in [0.2, 0.25) is 0 Å². The Bertz CT molecular complexity index is 730. The van der Waals surface area contributed by atoms with Crippen molar-refractivity contribution < 1.29 is 0 Å². The quantitative estimate of drug-likeness (QED) is 0.542. The van der Waals surface area contributed by atoms with Crippen LogP contribution in [0.1, 0.15) is 16.7 Å². The summed E-state index contributed by atoms with van der Waals surface area (Å²) in [5.41, 5.74) is 7.75. The van der Waals surface area contributed by atoms with Crippen molar-refractivity contribution in [2.45, 2.75) is 20.8 Å². The Hall–Kier alpha value is -1.96. The van der Waals surface area contributed by atoms with Gasteiger partial charge in [-0.1, -0.05) is 12.1 Å². The lowest BCUT2D eigenvalue weighted by atomic mass is 10.0. The molecule has 0 aliphatic carbocycles. The SMILES string of the molecule is Cc1cc2nc3ccccc3nc2c(C)c1C. The van der Waals surface area contributed by atoms with Crippen LogP contribution in [0.5, 0.6) is 0 Å². The van der Waals surface area contributed by atoms with Crippen LogP contribution in [0.15, 0.2) is 30.3 Å². The zero-order valence-electron chi connectivity index (χ0n) is 10.3. The summed E-state index contributed by atoms with van der Waals surface area (Å²) >= 11 is 0. The number of hydrogen-bond acceptors (Lipinski definition) is 2. The smallest absolute Gasteiger partial charge is 0.0926 e. The van der Waals surface area contributed by atoms with E-state index in [1.807, 2.05) is 24.3 Å². The van der Waals surface area contributed by atoms with E-state index in [1.165, 1.54) is 16.7 Å². The van der Waals surface area contributed by atoms with Crippen molar-refractivity contribution in [3.8, 4) is 0 Å². The molecule has 3 aromatic rings. The first kappa shape index (κ1) is 10.2. The van der Waals surface area contributed by atoms with E-state index in [0.717, 1.165) is 22.1 Å². The minimum absolute atomic E-state index is 0.961. The van der Waals surface area contributed by atoms with Gasteiger partial charge in [0, 0.05) is 0 Å². The first-order chi connectivity index (χ1) is 8.16. The molecule has 84 valence electrons. The number of aryl methyl sites for hydroxylation is 2. The van der Waals surface area contributed by atoms with E-state index >= 15 is 0 Å². The first-order valence-electron chi connectivity index (χ1n) is 5.80. The number of rotatable bonds is 0. The molecule has 0 radical (unpaired) electrons. The van der Waals surface area contributed by atoms with Gasteiger partial charge in [-0.3, -0.25) is 0 Å². The van der Waals surface area contributed by atoms with Crippen molar-refractivity contribution in [2.24, 2.45) is 0 Å². The highest BCUT2D eigenvalue weighted by atomic mass is 14.8. The Morgan fingerprint density at radius 2 is 1.41 bits per heavy atom. The van der Waals surface area contributed by atoms with Crippen molar-refractivity contribution in [1.82, 2.24) is 9.97 Å². The van der Waals surface area contributed by atoms with Gasteiger partial charge in [-0.15, -0.1) is 0 Å². The highest BCUT2D eigenvalue weighted by Crippen LogP contribution is 2.23. The molecule has 0 atom stereocenters. The number of fused-ring (bicyclic) bond motifs is 2. The Morgan fingerprint density at radius 3 is 2.12 bits per heavy atom. The largest absolute Gasteiger partial charge is 0.244 e. The molecule has 0 spiro atoms. The molecule has 0 saturated carbocycles. The van der Waals surface area contributed by atoms with Crippen molar-refractivity contribution in [1.29, 1.82) is 0 Å². The van der Waals surface area contributed by atoms with Gasteiger partial charge >= 0.3 is 0 Å². The summed E-state index contributed by atoms with van der Waals surface area (Å²) in [5, 5.41) is 0. The lowest BCUT2D eigenvalue weighted by Gasteiger charge is -2.09.